The summed E-state index contributed by atoms with van der Waals surface area (Å²) in [4.78, 5) is 11.3. The molecule has 0 spiro atoms. The molecule has 2 bridgehead atoms. The zero-order valence-corrected chi connectivity index (χ0v) is 11.0. The van der Waals surface area contributed by atoms with Crippen LogP contribution in [-0.2, 0) is 9.53 Å². The van der Waals surface area contributed by atoms with Gasteiger partial charge in [-0.1, -0.05) is 6.58 Å². The topological polar surface area (TPSA) is 50.1 Å². The zero-order chi connectivity index (χ0) is 13.1. The fourth-order valence-electron chi connectivity index (χ4n) is 3.66. The number of hydrogen-bond acceptors (Lipinski definition) is 3. The van der Waals surface area contributed by atoms with Gasteiger partial charge in [0.05, 0.1) is 12.7 Å². The molecule has 0 amide bonds. The van der Waals surface area contributed by atoms with Gasteiger partial charge in [0.25, 0.3) is 0 Å². The van der Waals surface area contributed by atoms with Gasteiger partial charge < -0.3 is 4.74 Å². The first kappa shape index (κ1) is 13.1. The van der Waals surface area contributed by atoms with E-state index >= 15 is 0 Å². The van der Waals surface area contributed by atoms with E-state index in [1.165, 1.54) is 19.3 Å². The van der Waals surface area contributed by atoms with Crippen molar-refractivity contribution in [3.63, 3.8) is 0 Å². The van der Waals surface area contributed by atoms with E-state index in [9.17, 15) is 4.79 Å². The molecule has 18 heavy (non-hydrogen) atoms. The van der Waals surface area contributed by atoms with Crippen LogP contribution < -0.4 is 0 Å². The third-order valence-electron chi connectivity index (χ3n) is 4.57. The van der Waals surface area contributed by atoms with Gasteiger partial charge >= 0.3 is 5.97 Å². The first-order valence-electron chi connectivity index (χ1n) is 6.81. The van der Waals surface area contributed by atoms with Gasteiger partial charge in [0, 0.05) is 12.0 Å². The van der Waals surface area contributed by atoms with Crippen molar-refractivity contribution >= 4 is 5.97 Å². The summed E-state index contributed by atoms with van der Waals surface area (Å²) in [6, 6.07) is 2.30. The molecule has 0 N–H and O–H groups in total. The summed E-state index contributed by atoms with van der Waals surface area (Å²) in [5, 5.41) is 8.76. The Morgan fingerprint density at radius 3 is 2.56 bits per heavy atom. The quantitative estimate of drug-likeness (QED) is 0.554. The summed E-state index contributed by atoms with van der Waals surface area (Å²) < 4.78 is 5.16. The molecule has 3 heteroatoms. The molecule has 0 radical (unpaired) electrons. The Hall–Kier alpha value is -1.30. The lowest BCUT2D eigenvalue weighted by Gasteiger charge is -2.26. The fraction of sp³-hybridized carbons (Fsp3) is 0.733. The van der Waals surface area contributed by atoms with E-state index in [1.54, 1.807) is 6.92 Å². The maximum absolute atomic E-state index is 11.3. The molecule has 2 rings (SSSR count). The van der Waals surface area contributed by atoms with Crippen molar-refractivity contribution < 1.29 is 9.53 Å². The minimum Gasteiger partial charge on any atom is -0.462 e. The van der Waals surface area contributed by atoms with Gasteiger partial charge in [0.1, 0.15) is 0 Å². The van der Waals surface area contributed by atoms with E-state index in [1.807, 2.05) is 0 Å². The number of rotatable bonds is 5. The zero-order valence-electron chi connectivity index (χ0n) is 11.0. The first-order chi connectivity index (χ1) is 8.61. The number of nitrogens with zero attached hydrogens (tertiary/aromatic N) is 1. The molecular weight excluding hydrogens is 226 g/mol. The van der Waals surface area contributed by atoms with E-state index in [2.05, 4.69) is 12.6 Å². The fourth-order valence-corrected chi connectivity index (χ4v) is 3.66. The molecule has 2 aliphatic rings. The predicted octanol–water partition coefficient (Wildman–Crippen LogP) is 3.07. The number of hydrogen-bond donors (Lipinski definition) is 0. The summed E-state index contributed by atoms with van der Waals surface area (Å²) in [6.07, 6.45) is 5.41. The molecule has 0 aromatic carbocycles. The monoisotopic (exact) mass is 247 g/mol. The van der Waals surface area contributed by atoms with Crippen LogP contribution >= 0.6 is 0 Å². The molecule has 4 unspecified atom stereocenters. The van der Waals surface area contributed by atoms with Crippen LogP contribution in [0, 0.1) is 35.0 Å². The largest absolute Gasteiger partial charge is 0.462 e. The SMILES string of the molecule is C=C(C)C(=O)OCCC1CC2CC1CC2CC#N. The van der Waals surface area contributed by atoms with Crippen molar-refractivity contribution in [2.24, 2.45) is 23.7 Å². The lowest BCUT2D eigenvalue weighted by molar-refractivity contribution is -0.139. The highest BCUT2D eigenvalue weighted by Gasteiger charge is 2.45. The molecule has 4 atom stereocenters. The second-order valence-corrected chi connectivity index (χ2v) is 5.81. The van der Waals surface area contributed by atoms with Gasteiger partial charge in [-0.15, -0.1) is 0 Å². The number of esters is 1. The lowest BCUT2D eigenvalue weighted by Crippen LogP contribution is -2.19. The Balaban J connectivity index is 1.71. The van der Waals surface area contributed by atoms with Crippen molar-refractivity contribution in [3.05, 3.63) is 12.2 Å². The van der Waals surface area contributed by atoms with E-state index in [4.69, 9.17) is 10.00 Å². The lowest BCUT2D eigenvalue weighted by atomic mass is 9.79. The summed E-state index contributed by atoms with van der Waals surface area (Å²) in [7, 11) is 0. The molecule has 0 heterocycles. The Morgan fingerprint density at radius 1 is 1.33 bits per heavy atom. The molecule has 3 nitrogen and oxygen atoms in total. The summed E-state index contributed by atoms with van der Waals surface area (Å²) in [5.41, 5.74) is 0.469. The van der Waals surface area contributed by atoms with Crippen LogP contribution in [0.25, 0.3) is 0 Å². The molecule has 0 aromatic heterocycles. The second-order valence-electron chi connectivity index (χ2n) is 5.81. The summed E-state index contributed by atoms with van der Waals surface area (Å²) in [5.74, 6) is 2.56. The highest BCUT2D eigenvalue weighted by molar-refractivity contribution is 5.86. The number of carbonyl (C=O) groups excluding carboxylic acids is 1. The normalized spacial score (nSPS) is 33.1. The first-order valence-corrected chi connectivity index (χ1v) is 6.81. The summed E-state index contributed by atoms with van der Waals surface area (Å²) >= 11 is 0. The molecule has 0 aliphatic heterocycles. The van der Waals surface area contributed by atoms with Gasteiger partial charge in [-0.3, -0.25) is 0 Å². The molecule has 98 valence electrons. The third kappa shape index (κ3) is 2.75. The third-order valence-corrected chi connectivity index (χ3v) is 4.57. The average molecular weight is 247 g/mol. The van der Waals surface area contributed by atoms with E-state index < -0.39 is 0 Å². The van der Waals surface area contributed by atoms with Gasteiger partial charge in [-0.25, -0.2) is 4.79 Å². The minimum absolute atomic E-state index is 0.277. The van der Waals surface area contributed by atoms with Gasteiger partial charge in [0.2, 0.25) is 0 Å². The van der Waals surface area contributed by atoms with Crippen molar-refractivity contribution in [1.29, 1.82) is 5.26 Å². The smallest absolute Gasteiger partial charge is 0.333 e. The molecule has 2 saturated carbocycles. The van der Waals surface area contributed by atoms with Crippen molar-refractivity contribution in [2.75, 3.05) is 6.61 Å². The highest BCUT2D eigenvalue weighted by Crippen LogP contribution is 2.53. The van der Waals surface area contributed by atoms with E-state index in [0.717, 1.165) is 24.7 Å². The molecule has 0 aromatic rings. The molecule has 2 aliphatic carbocycles. The summed E-state index contributed by atoms with van der Waals surface area (Å²) in [6.45, 7) is 5.76. The molecule has 0 saturated heterocycles. The van der Waals surface area contributed by atoms with E-state index in [-0.39, 0.29) is 5.97 Å². The Bertz CT molecular complexity index is 382. The Labute approximate surface area is 109 Å². The molecular formula is C15H21NO2. The Kier molecular flexibility index (Phi) is 4.06. The maximum atomic E-state index is 11.3. The van der Waals surface area contributed by atoms with Crippen LogP contribution in [0.2, 0.25) is 0 Å². The average Bonchev–Trinajstić information content (AvgIpc) is 2.88. The Morgan fingerprint density at radius 2 is 2.00 bits per heavy atom. The highest BCUT2D eigenvalue weighted by atomic mass is 16.5. The predicted molar refractivity (Wildman–Crippen MR) is 68.4 cm³/mol. The van der Waals surface area contributed by atoms with Crippen LogP contribution in [0.5, 0.6) is 0 Å². The van der Waals surface area contributed by atoms with Gasteiger partial charge in [-0.2, -0.15) is 5.26 Å². The minimum atomic E-state index is -0.277. The standard InChI is InChI=1S/C15H21NO2/c1-10(2)15(17)18-6-4-12-8-13-9-14(12)7-11(13)3-5-16/h11-14H,1,3-4,6-9H2,2H3. The van der Waals surface area contributed by atoms with Crippen molar-refractivity contribution in [3.8, 4) is 6.07 Å². The van der Waals surface area contributed by atoms with E-state index in [0.29, 0.717) is 24.0 Å². The van der Waals surface area contributed by atoms with Crippen molar-refractivity contribution in [2.45, 2.75) is 39.0 Å². The number of nitriles is 1. The van der Waals surface area contributed by atoms with Crippen molar-refractivity contribution in [1.82, 2.24) is 0 Å². The van der Waals surface area contributed by atoms with Crippen LogP contribution in [0.15, 0.2) is 12.2 Å². The second kappa shape index (κ2) is 5.56. The van der Waals surface area contributed by atoms with Crippen LogP contribution in [-0.4, -0.2) is 12.6 Å². The number of carbonyl (C=O) groups is 1. The van der Waals surface area contributed by atoms with Crippen LogP contribution in [0.1, 0.15) is 39.0 Å². The van der Waals surface area contributed by atoms with Gasteiger partial charge in [0.15, 0.2) is 0 Å². The molecule has 2 fully saturated rings. The van der Waals surface area contributed by atoms with Crippen LogP contribution in [0.3, 0.4) is 0 Å². The number of ether oxygens (including phenoxy) is 1. The van der Waals surface area contributed by atoms with Gasteiger partial charge in [-0.05, 0) is 56.3 Å². The maximum Gasteiger partial charge on any atom is 0.333 e. The number of fused-ring (bicyclic) bond motifs is 2. The van der Waals surface area contributed by atoms with Crippen LogP contribution in [0.4, 0.5) is 0 Å².